The number of rotatable bonds is 7. The maximum atomic E-state index is 13.5. The Bertz CT molecular complexity index is 1250. The molecule has 0 fully saturated rings. The highest BCUT2D eigenvalue weighted by atomic mass is 16.5. The number of hydrogen-bond acceptors (Lipinski definition) is 8. The fraction of sp³-hybridized carbons (Fsp3) is 0.292. The summed E-state index contributed by atoms with van der Waals surface area (Å²) in [7, 11) is 5.79. The molecule has 0 amide bonds. The van der Waals surface area contributed by atoms with Crippen molar-refractivity contribution in [3.05, 3.63) is 45.8 Å². The number of allylic oxidation sites excluding steroid dienone is 2. The SMILES string of the molecule is COc1cc(OC)c(-c2coc3c(O)c(OC)c(CC=C(C)C)c(O)c3c2=O)cc1OC. The molecule has 0 aliphatic rings. The molecule has 32 heavy (non-hydrogen) atoms. The molecule has 1 aromatic heterocycles. The van der Waals surface area contributed by atoms with Crippen molar-refractivity contribution in [1.82, 2.24) is 0 Å². The van der Waals surface area contributed by atoms with Gasteiger partial charge in [0.05, 0.1) is 34.0 Å². The smallest absolute Gasteiger partial charge is 0.204 e. The number of phenols is 2. The second-order valence-electron chi connectivity index (χ2n) is 7.28. The Morgan fingerprint density at radius 1 is 0.906 bits per heavy atom. The van der Waals surface area contributed by atoms with Gasteiger partial charge in [-0.25, -0.2) is 0 Å². The van der Waals surface area contributed by atoms with Crippen LogP contribution >= 0.6 is 0 Å². The van der Waals surface area contributed by atoms with E-state index in [1.54, 1.807) is 12.1 Å². The molecule has 2 N–H and O–H groups in total. The summed E-state index contributed by atoms with van der Waals surface area (Å²) >= 11 is 0. The summed E-state index contributed by atoms with van der Waals surface area (Å²) in [6, 6.07) is 3.17. The summed E-state index contributed by atoms with van der Waals surface area (Å²) in [5.41, 5.74) is 1.05. The average Bonchev–Trinajstić information content (AvgIpc) is 2.79. The fourth-order valence-corrected chi connectivity index (χ4v) is 3.50. The first-order chi connectivity index (χ1) is 15.3. The molecule has 0 saturated heterocycles. The zero-order chi connectivity index (χ0) is 23.6. The molecule has 0 atom stereocenters. The molecule has 0 aliphatic carbocycles. The van der Waals surface area contributed by atoms with E-state index in [1.165, 1.54) is 34.7 Å². The van der Waals surface area contributed by atoms with Crippen molar-refractivity contribution in [2.45, 2.75) is 20.3 Å². The summed E-state index contributed by atoms with van der Waals surface area (Å²) in [5, 5.41) is 21.6. The highest BCUT2D eigenvalue weighted by Crippen LogP contribution is 2.45. The van der Waals surface area contributed by atoms with Crippen LogP contribution < -0.4 is 24.4 Å². The lowest BCUT2D eigenvalue weighted by atomic mass is 9.99. The lowest BCUT2D eigenvalue weighted by Crippen LogP contribution is -2.08. The zero-order valence-corrected chi connectivity index (χ0v) is 18.9. The van der Waals surface area contributed by atoms with Crippen molar-refractivity contribution in [2.24, 2.45) is 0 Å². The van der Waals surface area contributed by atoms with Gasteiger partial charge in [0.15, 0.2) is 22.8 Å². The Hall–Kier alpha value is -3.81. The van der Waals surface area contributed by atoms with Crippen LogP contribution in [-0.4, -0.2) is 38.7 Å². The van der Waals surface area contributed by atoms with Gasteiger partial charge in [-0.3, -0.25) is 4.79 Å². The molecule has 0 aliphatic heterocycles. The summed E-state index contributed by atoms with van der Waals surface area (Å²) in [6.45, 7) is 3.81. The normalized spacial score (nSPS) is 10.7. The Morgan fingerprint density at radius 3 is 2.09 bits per heavy atom. The van der Waals surface area contributed by atoms with Gasteiger partial charge in [-0.15, -0.1) is 0 Å². The minimum atomic E-state index is -0.550. The van der Waals surface area contributed by atoms with Crippen LogP contribution in [0.2, 0.25) is 0 Å². The average molecular weight is 442 g/mol. The molecule has 0 spiro atoms. The van der Waals surface area contributed by atoms with E-state index in [-0.39, 0.29) is 45.8 Å². The van der Waals surface area contributed by atoms with Gasteiger partial charge in [0.1, 0.15) is 23.1 Å². The standard InChI is InChI=1S/C24H26O8/c1-12(2)7-8-13-20(25)19-21(26)15(11-32-24(19)22(27)23(13)31-6)14-9-17(29-4)18(30-5)10-16(14)28-3/h7,9-11,25,27H,8H2,1-6H3. The highest BCUT2D eigenvalue weighted by molar-refractivity contribution is 5.95. The van der Waals surface area contributed by atoms with Gasteiger partial charge < -0.3 is 33.6 Å². The Labute approximate surface area is 185 Å². The van der Waals surface area contributed by atoms with Crippen molar-refractivity contribution in [3.8, 4) is 45.6 Å². The molecule has 3 rings (SSSR count). The molecule has 0 radical (unpaired) electrons. The molecule has 0 unspecified atom stereocenters. The van der Waals surface area contributed by atoms with E-state index in [1.807, 2.05) is 19.9 Å². The van der Waals surface area contributed by atoms with Crippen molar-refractivity contribution in [2.75, 3.05) is 28.4 Å². The summed E-state index contributed by atoms with van der Waals surface area (Å²) < 4.78 is 27.0. The number of hydrogen-bond donors (Lipinski definition) is 2. The molecule has 3 aromatic rings. The van der Waals surface area contributed by atoms with Crippen molar-refractivity contribution in [1.29, 1.82) is 0 Å². The van der Waals surface area contributed by atoms with Crippen molar-refractivity contribution in [3.63, 3.8) is 0 Å². The number of methoxy groups -OCH3 is 4. The van der Waals surface area contributed by atoms with Crippen LogP contribution in [0.5, 0.6) is 34.5 Å². The summed E-state index contributed by atoms with van der Waals surface area (Å²) in [6.07, 6.45) is 3.30. The van der Waals surface area contributed by atoms with Crippen LogP contribution in [0.25, 0.3) is 22.1 Å². The molecule has 170 valence electrons. The number of benzene rings is 2. The lowest BCUT2D eigenvalue weighted by molar-refractivity contribution is 0.349. The molecule has 1 heterocycles. The maximum absolute atomic E-state index is 13.5. The Kier molecular flexibility index (Phi) is 6.53. The minimum absolute atomic E-state index is 0.0482. The first-order valence-electron chi connectivity index (χ1n) is 9.78. The molecule has 0 bridgehead atoms. The molecule has 8 nitrogen and oxygen atoms in total. The summed E-state index contributed by atoms with van der Waals surface area (Å²) in [5.74, 6) is 0.521. The molecule has 2 aromatic carbocycles. The van der Waals surface area contributed by atoms with Gasteiger partial charge >= 0.3 is 0 Å². The van der Waals surface area contributed by atoms with E-state index in [0.717, 1.165) is 5.57 Å². The predicted octanol–water partition coefficient (Wildman–Crippen LogP) is 4.41. The maximum Gasteiger partial charge on any atom is 0.204 e. The first-order valence-corrected chi connectivity index (χ1v) is 9.78. The van der Waals surface area contributed by atoms with Gasteiger partial charge in [-0.1, -0.05) is 11.6 Å². The molecular weight excluding hydrogens is 416 g/mol. The van der Waals surface area contributed by atoms with E-state index < -0.39 is 5.43 Å². The Balaban J connectivity index is 2.38. The van der Waals surface area contributed by atoms with Crippen LogP contribution in [0.1, 0.15) is 19.4 Å². The Morgan fingerprint density at radius 2 is 1.53 bits per heavy atom. The van der Waals surface area contributed by atoms with Crippen molar-refractivity contribution < 1.29 is 33.6 Å². The molecule has 8 heteroatoms. The lowest BCUT2D eigenvalue weighted by Gasteiger charge is -2.16. The fourth-order valence-electron chi connectivity index (χ4n) is 3.50. The quantitative estimate of drug-likeness (QED) is 0.409. The third kappa shape index (κ3) is 3.79. The van der Waals surface area contributed by atoms with E-state index in [2.05, 4.69) is 0 Å². The van der Waals surface area contributed by atoms with Gasteiger partial charge in [0.25, 0.3) is 0 Å². The van der Waals surface area contributed by atoms with Crippen LogP contribution in [-0.2, 0) is 6.42 Å². The summed E-state index contributed by atoms with van der Waals surface area (Å²) in [4.78, 5) is 13.5. The number of phenolic OH excluding ortho intramolecular Hbond substituents is 2. The largest absolute Gasteiger partial charge is 0.507 e. The topological polar surface area (TPSA) is 108 Å². The van der Waals surface area contributed by atoms with E-state index in [4.69, 9.17) is 23.4 Å². The van der Waals surface area contributed by atoms with Crippen LogP contribution in [0.3, 0.4) is 0 Å². The van der Waals surface area contributed by atoms with Crippen LogP contribution in [0, 0.1) is 0 Å². The second-order valence-corrected chi connectivity index (χ2v) is 7.28. The van der Waals surface area contributed by atoms with E-state index in [0.29, 0.717) is 22.8 Å². The predicted molar refractivity (Wildman–Crippen MR) is 121 cm³/mol. The van der Waals surface area contributed by atoms with Crippen LogP contribution in [0.15, 0.2) is 39.3 Å². The van der Waals surface area contributed by atoms with Crippen molar-refractivity contribution >= 4 is 11.0 Å². The molecule has 0 saturated carbocycles. The van der Waals surface area contributed by atoms with Gasteiger partial charge in [0.2, 0.25) is 11.2 Å². The van der Waals surface area contributed by atoms with E-state index >= 15 is 0 Å². The second kappa shape index (κ2) is 9.13. The monoisotopic (exact) mass is 442 g/mol. The van der Waals surface area contributed by atoms with Gasteiger partial charge in [0, 0.05) is 17.2 Å². The number of fused-ring (bicyclic) bond motifs is 1. The van der Waals surface area contributed by atoms with E-state index in [9.17, 15) is 15.0 Å². The minimum Gasteiger partial charge on any atom is -0.507 e. The van der Waals surface area contributed by atoms with Gasteiger partial charge in [-0.05, 0) is 26.3 Å². The highest BCUT2D eigenvalue weighted by Gasteiger charge is 2.26. The van der Waals surface area contributed by atoms with Gasteiger partial charge in [-0.2, -0.15) is 0 Å². The number of ether oxygens (including phenoxy) is 4. The third-order valence-corrected chi connectivity index (χ3v) is 5.13. The number of aromatic hydroxyl groups is 2. The first kappa shape index (κ1) is 22.9. The van der Waals surface area contributed by atoms with Crippen LogP contribution in [0.4, 0.5) is 0 Å². The molecular formula is C24H26O8. The zero-order valence-electron chi connectivity index (χ0n) is 18.9. The third-order valence-electron chi connectivity index (χ3n) is 5.13.